The van der Waals surface area contributed by atoms with Crippen LogP contribution in [0.3, 0.4) is 0 Å². The van der Waals surface area contributed by atoms with E-state index in [2.05, 4.69) is 12.2 Å². The molecule has 0 aromatic heterocycles. The van der Waals surface area contributed by atoms with Crippen LogP contribution in [0.2, 0.25) is 0 Å². The average molecular weight is 203 g/mol. The molecule has 3 nitrogen and oxygen atoms in total. The largest absolute Gasteiger partial charge is 0.396 e. The van der Waals surface area contributed by atoms with E-state index in [4.69, 9.17) is 10.2 Å². The molecule has 14 heavy (non-hydrogen) atoms. The Balaban J connectivity index is 3.30. The zero-order valence-electron chi connectivity index (χ0n) is 9.71. The van der Waals surface area contributed by atoms with Crippen LogP contribution >= 0.6 is 0 Å². The fourth-order valence-corrected chi connectivity index (χ4v) is 1.15. The Labute approximate surface area is 87.5 Å². The van der Waals surface area contributed by atoms with Gasteiger partial charge in [0.05, 0.1) is 0 Å². The molecule has 0 radical (unpaired) electrons. The molecule has 0 saturated heterocycles. The van der Waals surface area contributed by atoms with Crippen LogP contribution in [0.1, 0.15) is 33.6 Å². The normalized spacial score (nSPS) is 14.4. The van der Waals surface area contributed by atoms with Gasteiger partial charge in [0.15, 0.2) is 0 Å². The first kappa shape index (κ1) is 13.9. The molecule has 0 bridgehead atoms. The molecule has 0 fully saturated rings. The molecule has 0 aliphatic rings. The lowest BCUT2D eigenvalue weighted by Gasteiger charge is -2.22. The highest BCUT2D eigenvalue weighted by atomic mass is 16.3. The molecule has 3 heteroatoms. The number of aliphatic hydroxyl groups excluding tert-OH is 2. The summed E-state index contributed by atoms with van der Waals surface area (Å²) in [5.74, 6) is 0.405. The van der Waals surface area contributed by atoms with Gasteiger partial charge in [0, 0.05) is 25.2 Å². The van der Waals surface area contributed by atoms with E-state index in [1.54, 1.807) is 0 Å². The van der Waals surface area contributed by atoms with E-state index in [1.165, 1.54) is 0 Å². The zero-order chi connectivity index (χ0) is 11.0. The topological polar surface area (TPSA) is 52.5 Å². The third-order valence-electron chi connectivity index (χ3n) is 2.39. The van der Waals surface area contributed by atoms with Crippen LogP contribution in [0.5, 0.6) is 0 Å². The summed E-state index contributed by atoms with van der Waals surface area (Å²) in [5, 5.41) is 21.1. The number of aliphatic hydroxyl groups is 2. The molecule has 0 aromatic rings. The van der Waals surface area contributed by atoms with Gasteiger partial charge in [-0.05, 0) is 25.3 Å². The monoisotopic (exact) mass is 203 g/mol. The molecule has 0 aliphatic heterocycles. The van der Waals surface area contributed by atoms with Gasteiger partial charge in [0.1, 0.15) is 0 Å². The summed E-state index contributed by atoms with van der Waals surface area (Å²) >= 11 is 0. The molecular weight excluding hydrogens is 178 g/mol. The molecule has 1 atom stereocenters. The van der Waals surface area contributed by atoms with Gasteiger partial charge in [0.25, 0.3) is 0 Å². The fraction of sp³-hybridized carbons (Fsp3) is 1.00. The van der Waals surface area contributed by atoms with Crippen LogP contribution in [0, 0.1) is 11.3 Å². The van der Waals surface area contributed by atoms with Gasteiger partial charge < -0.3 is 15.5 Å². The standard InChI is InChI=1S/C11H25NO2/c1-10(7-13)5-4-6-12-8-11(2,3)9-14/h10,12-14H,4-9H2,1-3H3. The molecule has 0 aromatic carbocycles. The van der Waals surface area contributed by atoms with Crippen molar-refractivity contribution in [1.29, 1.82) is 0 Å². The van der Waals surface area contributed by atoms with Crippen molar-refractivity contribution in [2.24, 2.45) is 11.3 Å². The van der Waals surface area contributed by atoms with Crippen molar-refractivity contribution in [3.8, 4) is 0 Å². The number of rotatable bonds is 8. The van der Waals surface area contributed by atoms with Gasteiger partial charge in [-0.15, -0.1) is 0 Å². The number of hydrogen-bond acceptors (Lipinski definition) is 3. The minimum absolute atomic E-state index is 0.0252. The Bertz CT molecular complexity index is 137. The second-order valence-electron chi connectivity index (χ2n) is 4.93. The van der Waals surface area contributed by atoms with Crippen molar-refractivity contribution < 1.29 is 10.2 Å². The highest BCUT2D eigenvalue weighted by Gasteiger charge is 2.14. The van der Waals surface area contributed by atoms with Crippen LogP contribution in [0.4, 0.5) is 0 Å². The van der Waals surface area contributed by atoms with Crippen molar-refractivity contribution >= 4 is 0 Å². The van der Waals surface area contributed by atoms with Crippen molar-refractivity contribution in [1.82, 2.24) is 5.32 Å². The predicted octanol–water partition coefficient (Wildman–Crippen LogP) is 1.00. The summed E-state index contributed by atoms with van der Waals surface area (Å²) in [6.45, 7) is 8.43. The Morgan fingerprint density at radius 3 is 2.43 bits per heavy atom. The Morgan fingerprint density at radius 2 is 1.93 bits per heavy atom. The average Bonchev–Trinajstić information content (AvgIpc) is 2.17. The van der Waals surface area contributed by atoms with E-state index in [9.17, 15) is 0 Å². The van der Waals surface area contributed by atoms with Crippen LogP contribution in [-0.4, -0.2) is 36.5 Å². The van der Waals surface area contributed by atoms with Crippen LogP contribution in [0.25, 0.3) is 0 Å². The van der Waals surface area contributed by atoms with Crippen molar-refractivity contribution in [2.75, 3.05) is 26.3 Å². The molecule has 86 valence electrons. The summed E-state index contributed by atoms with van der Waals surface area (Å²) in [5.41, 5.74) is -0.0252. The molecule has 3 N–H and O–H groups in total. The summed E-state index contributed by atoms with van der Waals surface area (Å²) < 4.78 is 0. The smallest absolute Gasteiger partial charge is 0.0494 e. The van der Waals surface area contributed by atoms with E-state index in [0.29, 0.717) is 5.92 Å². The Kier molecular flexibility index (Phi) is 7.15. The lowest BCUT2D eigenvalue weighted by atomic mass is 9.95. The summed E-state index contributed by atoms with van der Waals surface area (Å²) in [4.78, 5) is 0. The SMILES string of the molecule is CC(CO)CCCNCC(C)(C)CO. The van der Waals surface area contributed by atoms with Gasteiger partial charge in [-0.3, -0.25) is 0 Å². The van der Waals surface area contributed by atoms with E-state index in [1.807, 2.05) is 13.8 Å². The van der Waals surface area contributed by atoms with Gasteiger partial charge in [-0.1, -0.05) is 20.8 Å². The third kappa shape index (κ3) is 7.30. The van der Waals surface area contributed by atoms with Crippen LogP contribution < -0.4 is 5.32 Å². The van der Waals surface area contributed by atoms with Gasteiger partial charge >= 0.3 is 0 Å². The van der Waals surface area contributed by atoms with Gasteiger partial charge in [0.2, 0.25) is 0 Å². The van der Waals surface area contributed by atoms with E-state index >= 15 is 0 Å². The van der Waals surface area contributed by atoms with E-state index in [0.717, 1.165) is 25.9 Å². The molecule has 0 rings (SSSR count). The minimum atomic E-state index is -0.0252. The first-order chi connectivity index (χ1) is 6.52. The predicted molar refractivity (Wildman–Crippen MR) is 59.2 cm³/mol. The molecular formula is C11H25NO2. The third-order valence-corrected chi connectivity index (χ3v) is 2.39. The molecule has 0 amide bonds. The highest BCUT2D eigenvalue weighted by Crippen LogP contribution is 2.11. The van der Waals surface area contributed by atoms with Crippen LogP contribution in [-0.2, 0) is 0 Å². The highest BCUT2D eigenvalue weighted by molar-refractivity contribution is 4.69. The second-order valence-corrected chi connectivity index (χ2v) is 4.93. The van der Waals surface area contributed by atoms with Crippen LogP contribution in [0.15, 0.2) is 0 Å². The number of nitrogens with one attached hydrogen (secondary N) is 1. The van der Waals surface area contributed by atoms with Crippen molar-refractivity contribution in [3.63, 3.8) is 0 Å². The fourth-order valence-electron chi connectivity index (χ4n) is 1.15. The summed E-state index contributed by atoms with van der Waals surface area (Å²) in [7, 11) is 0. The van der Waals surface area contributed by atoms with Gasteiger partial charge in [-0.25, -0.2) is 0 Å². The Morgan fingerprint density at radius 1 is 1.29 bits per heavy atom. The quantitative estimate of drug-likeness (QED) is 0.516. The molecule has 0 saturated carbocycles. The lowest BCUT2D eigenvalue weighted by molar-refractivity contribution is 0.156. The molecule has 0 spiro atoms. The zero-order valence-corrected chi connectivity index (χ0v) is 9.71. The molecule has 1 unspecified atom stereocenters. The first-order valence-electron chi connectivity index (χ1n) is 5.44. The van der Waals surface area contributed by atoms with Crippen molar-refractivity contribution in [2.45, 2.75) is 33.6 Å². The maximum Gasteiger partial charge on any atom is 0.0494 e. The molecule has 0 heterocycles. The molecule has 0 aliphatic carbocycles. The van der Waals surface area contributed by atoms with E-state index < -0.39 is 0 Å². The summed E-state index contributed by atoms with van der Waals surface area (Å²) in [6.07, 6.45) is 2.15. The lowest BCUT2D eigenvalue weighted by Crippen LogP contribution is -2.32. The minimum Gasteiger partial charge on any atom is -0.396 e. The first-order valence-corrected chi connectivity index (χ1v) is 5.44. The second kappa shape index (κ2) is 7.21. The van der Waals surface area contributed by atoms with Crippen molar-refractivity contribution in [3.05, 3.63) is 0 Å². The maximum atomic E-state index is 9.00. The summed E-state index contributed by atoms with van der Waals surface area (Å²) in [6, 6.07) is 0. The Hall–Kier alpha value is -0.120. The van der Waals surface area contributed by atoms with Gasteiger partial charge in [-0.2, -0.15) is 0 Å². The maximum absolute atomic E-state index is 9.00. The number of hydrogen-bond donors (Lipinski definition) is 3. The van der Waals surface area contributed by atoms with E-state index in [-0.39, 0.29) is 18.6 Å².